The van der Waals surface area contributed by atoms with Crippen LogP contribution in [0.5, 0.6) is 5.75 Å². The van der Waals surface area contributed by atoms with Gasteiger partial charge in [0.15, 0.2) is 0 Å². The predicted octanol–water partition coefficient (Wildman–Crippen LogP) is 3.20. The van der Waals surface area contributed by atoms with Crippen molar-refractivity contribution in [2.45, 2.75) is 0 Å². The van der Waals surface area contributed by atoms with Crippen LogP contribution in [-0.4, -0.2) is 48.9 Å². The summed E-state index contributed by atoms with van der Waals surface area (Å²) >= 11 is 6.05. The van der Waals surface area contributed by atoms with Gasteiger partial charge in [0.2, 0.25) is 0 Å². The molecular formula is C18H19ClN2O3. The van der Waals surface area contributed by atoms with E-state index in [1.807, 2.05) is 18.2 Å². The van der Waals surface area contributed by atoms with Gasteiger partial charge in [0.1, 0.15) is 12.5 Å². The average molecular weight is 347 g/mol. The SMILES string of the molecule is O=C(O)c1cccc(OCN2CCN(c3cccc(Cl)c3)CC2)c1. The third-order valence-corrected chi connectivity index (χ3v) is 4.28. The molecule has 3 rings (SSSR count). The fourth-order valence-electron chi connectivity index (χ4n) is 2.69. The number of rotatable bonds is 5. The topological polar surface area (TPSA) is 53.0 Å². The van der Waals surface area contributed by atoms with E-state index in [1.54, 1.807) is 24.3 Å². The number of carbonyl (C=O) groups is 1. The molecule has 0 atom stereocenters. The van der Waals surface area contributed by atoms with Gasteiger partial charge in [-0.25, -0.2) is 4.79 Å². The van der Waals surface area contributed by atoms with Crippen LogP contribution in [0, 0.1) is 0 Å². The van der Waals surface area contributed by atoms with Crippen molar-refractivity contribution in [3.8, 4) is 5.75 Å². The highest BCUT2D eigenvalue weighted by Gasteiger charge is 2.17. The van der Waals surface area contributed by atoms with E-state index in [9.17, 15) is 4.79 Å². The molecule has 2 aromatic carbocycles. The average Bonchev–Trinajstić information content (AvgIpc) is 2.61. The summed E-state index contributed by atoms with van der Waals surface area (Å²) in [7, 11) is 0. The van der Waals surface area contributed by atoms with E-state index in [2.05, 4.69) is 15.9 Å². The zero-order valence-electron chi connectivity index (χ0n) is 13.2. The van der Waals surface area contributed by atoms with Crippen molar-refractivity contribution in [1.29, 1.82) is 0 Å². The Morgan fingerprint density at radius 3 is 2.54 bits per heavy atom. The van der Waals surface area contributed by atoms with Crippen LogP contribution in [0.1, 0.15) is 10.4 Å². The van der Waals surface area contributed by atoms with Crippen molar-refractivity contribution in [3.63, 3.8) is 0 Å². The third-order valence-electron chi connectivity index (χ3n) is 4.04. The standard InChI is InChI=1S/C18H19ClN2O3/c19-15-4-2-5-16(12-15)21-9-7-20(8-10-21)13-24-17-6-1-3-14(11-17)18(22)23/h1-6,11-12H,7-10,13H2,(H,22,23). The molecule has 0 saturated carbocycles. The minimum atomic E-state index is -0.949. The molecule has 0 aliphatic carbocycles. The molecule has 0 unspecified atom stereocenters. The van der Waals surface area contributed by atoms with Crippen LogP contribution in [0.25, 0.3) is 0 Å². The molecule has 6 heteroatoms. The molecule has 1 aliphatic heterocycles. The second-order valence-electron chi connectivity index (χ2n) is 5.69. The number of carboxylic acids is 1. The van der Waals surface area contributed by atoms with E-state index < -0.39 is 5.97 Å². The van der Waals surface area contributed by atoms with Gasteiger partial charge in [0.25, 0.3) is 0 Å². The van der Waals surface area contributed by atoms with Crippen molar-refractivity contribution < 1.29 is 14.6 Å². The van der Waals surface area contributed by atoms with Crippen LogP contribution >= 0.6 is 11.6 Å². The summed E-state index contributed by atoms with van der Waals surface area (Å²) in [4.78, 5) is 15.5. The highest BCUT2D eigenvalue weighted by molar-refractivity contribution is 6.30. The van der Waals surface area contributed by atoms with Gasteiger partial charge in [0.05, 0.1) is 5.56 Å². The normalized spacial score (nSPS) is 15.3. The molecule has 1 N–H and O–H groups in total. The Morgan fingerprint density at radius 1 is 1.08 bits per heavy atom. The second kappa shape index (κ2) is 7.55. The first kappa shape index (κ1) is 16.6. The highest BCUT2D eigenvalue weighted by atomic mass is 35.5. The van der Waals surface area contributed by atoms with Crippen LogP contribution in [0.4, 0.5) is 5.69 Å². The molecule has 1 aliphatic rings. The lowest BCUT2D eigenvalue weighted by molar-refractivity contribution is 0.0695. The lowest BCUT2D eigenvalue weighted by Gasteiger charge is -2.35. The Bertz CT molecular complexity index is 715. The van der Waals surface area contributed by atoms with E-state index >= 15 is 0 Å². The van der Waals surface area contributed by atoms with Gasteiger partial charge in [-0.1, -0.05) is 23.7 Å². The quantitative estimate of drug-likeness (QED) is 0.901. The van der Waals surface area contributed by atoms with Crippen LogP contribution in [0.15, 0.2) is 48.5 Å². The first-order chi connectivity index (χ1) is 11.6. The highest BCUT2D eigenvalue weighted by Crippen LogP contribution is 2.21. The molecule has 0 aromatic heterocycles. The van der Waals surface area contributed by atoms with Gasteiger partial charge in [-0.3, -0.25) is 4.90 Å². The number of ether oxygens (including phenoxy) is 1. The van der Waals surface area contributed by atoms with Crippen molar-refractivity contribution in [1.82, 2.24) is 4.90 Å². The fraction of sp³-hybridized carbons (Fsp3) is 0.278. The van der Waals surface area contributed by atoms with Gasteiger partial charge in [-0.15, -0.1) is 0 Å². The molecule has 24 heavy (non-hydrogen) atoms. The van der Waals surface area contributed by atoms with E-state index in [1.165, 1.54) is 0 Å². The molecule has 0 amide bonds. The fourth-order valence-corrected chi connectivity index (χ4v) is 2.88. The minimum Gasteiger partial charge on any atom is -0.478 e. The number of benzene rings is 2. The molecule has 1 saturated heterocycles. The van der Waals surface area contributed by atoms with Gasteiger partial charge < -0.3 is 14.7 Å². The van der Waals surface area contributed by atoms with Crippen molar-refractivity contribution in [2.24, 2.45) is 0 Å². The Hall–Kier alpha value is -2.24. The summed E-state index contributed by atoms with van der Waals surface area (Å²) < 4.78 is 5.72. The first-order valence-electron chi connectivity index (χ1n) is 7.81. The monoisotopic (exact) mass is 346 g/mol. The van der Waals surface area contributed by atoms with Crippen molar-refractivity contribution >= 4 is 23.3 Å². The van der Waals surface area contributed by atoms with Crippen molar-refractivity contribution in [2.75, 3.05) is 37.8 Å². The summed E-state index contributed by atoms with van der Waals surface area (Å²) in [6.45, 7) is 4.01. The van der Waals surface area contributed by atoms with E-state index in [4.69, 9.17) is 21.4 Å². The maximum Gasteiger partial charge on any atom is 0.335 e. The Balaban J connectivity index is 1.51. The Kier molecular flexibility index (Phi) is 5.23. The summed E-state index contributed by atoms with van der Waals surface area (Å²) in [6, 6.07) is 14.4. The van der Waals surface area contributed by atoms with Crippen LogP contribution < -0.4 is 9.64 Å². The lowest BCUT2D eigenvalue weighted by atomic mass is 10.2. The van der Waals surface area contributed by atoms with E-state index in [-0.39, 0.29) is 5.56 Å². The number of aromatic carboxylic acids is 1. The predicted molar refractivity (Wildman–Crippen MR) is 94.1 cm³/mol. The van der Waals surface area contributed by atoms with Gasteiger partial charge >= 0.3 is 5.97 Å². The van der Waals surface area contributed by atoms with Gasteiger partial charge in [0, 0.05) is 36.9 Å². The van der Waals surface area contributed by atoms with Gasteiger partial charge in [-0.05, 0) is 36.4 Å². The van der Waals surface area contributed by atoms with Gasteiger partial charge in [-0.2, -0.15) is 0 Å². The maximum absolute atomic E-state index is 11.0. The number of piperazine rings is 1. The number of hydrogen-bond donors (Lipinski definition) is 1. The van der Waals surface area contributed by atoms with Crippen LogP contribution in [-0.2, 0) is 0 Å². The van der Waals surface area contributed by atoms with Crippen LogP contribution in [0.3, 0.4) is 0 Å². The third kappa shape index (κ3) is 4.19. The number of hydrogen-bond acceptors (Lipinski definition) is 4. The zero-order valence-corrected chi connectivity index (χ0v) is 13.9. The lowest BCUT2D eigenvalue weighted by Crippen LogP contribution is -2.47. The minimum absolute atomic E-state index is 0.235. The zero-order chi connectivity index (χ0) is 16.9. The molecule has 5 nitrogen and oxygen atoms in total. The number of halogens is 1. The summed E-state index contributed by atoms with van der Waals surface area (Å²) in [6.07, 6.45) is 0. The number of anilines is 1. The molecule has 0 spiro atoms. The van der Waals surface area contributed by atoms with E-state index in [0.717, 1.165) is 36.9 Å². The molecule has 126 valence electrons. The Labute approximate surface area is 146 Å². The summed E-state index contributed by atoms with van der Waals surface area (Å²) in [5.41, 5.74) is 1.37. The molecule has 0 radical (unpaired) electrons. The van der Waals surface area contributed by atoms with Crippen LogP contribution in [0.2, 0.25) is 5.02 Å². The number of nitrogens with zero attached hydrogens (tertiary/aromatic N) is 2. The maximum atomic E-state index is 11.0. The van der Waals surface area contributed by atoms with E-state index in [0.29, 0.717) is 12.5 Å². The molecule has 1 fully saturated rings. The summed E-state index contributed by atoms with van der Waals surface area (Å²) in [5.74, 6) is -0.372. The molecule has 2 aromatic rings. The first-order valence-corrected chi connectivity index (χ1v) is 8.18. The Morgan fingerprint density at radius 2 is 1.83 bits per heavy atom. The second-order valence-corrected chi connectivity index (χ2v) is 6.13. The largest absolute Gasteiger partial charge is 0.478 e. The smallest absolute Gasteiger partial charge is 0.335 e. The number of carboxylic acid groups (broad SMARTS) is 1. The molecule has 0 bridgehead atoms. The summed E-state index contributed by atoms with van der Waals surface area (Å²) in [5, 5.41) is 9.75. The molecular weight excluding hydrogens is 328 g/mol. The molecule has 1 heterocycles. The van der Waals surface area contributed by atoms with Crippen molar-refractivity contribution in [3.05, 3.63) is 59.1 Å².